The molecule has 2 N–H and O–H groups in total. The van der Waals surface area contributed by atoms with Crippen molar-refractivity contribution in [3.8, 4) is 0 Å². The van der Waals surface area contributed by atoms with Crippen LogP contribution in [0.25, 0.3) is 0 Å². The summed E-state index contributed by atoms with van der Waals surface area (Å²) in [4.78, 5) is 0. The Kier molecular flexibility index (Phi) is 4.75. The highest BCUT2D eigenvalue weighted by Gasteiger charge is 2.32. The van der Waals surface area contributed by atoms with E-state index in [9.17, 15) is 5.11 Å². The summed E-state index contributed by atoms with van der Waals surface area (Å²) >= 11 is 2.01. The summed E-state index contributed by atoms with van der Waals surface area (Å²) in [5, 5.41) is 13.7. The highest BCUT2D eigenvalue weighted by molar-refractivity contribution is 7.99. The Morgan fingerprint density at radius 3 is 2.71 bits per heavy atom. The molecule has 3 unspecified atom stereocenters. The Labute approximate surface area is 109 Å². The number of ether oxygens (including phenoxy) is 1. The van der Waals surface area contributed by atoms with Gasteiger partial charge in [-0.2, -0.15) is 11.8 Å². The molecule has 4 heteroatoms. The molecule has 2 aliphatic rings. The van der Waals surface area contributed by atoms with Gasteiger partial charge >= 0.3 is 0 Å². The van der Waals surface area contributed by atoms with Gasteiger partial charge in [-0.05, 0) is 45.3 Å². The summed E-state index contributed by atoms with van der Waals surface area (Å²) in [7, 11) is 0. The predicted molar refractivity (Wildman–Crippen MR) is 72.5 cm³/mol. The van der Waals surface area contributed by atoms with Gasteiger partial charge in [0.05, 0.1) is 12.7 Å². The topological polar surface area (TPSA) is 41.5 Å². The quantitative estimate of drug-likeness (QED) is 0.731. The Morgan fingerprint density at radius 1 is 1.41 bits per heavy atom. The van der Waals surface area contributed by atoms with Gasteiger partial charge in [-0.25, -0.2) is 0 Å². The summed E-state index contributed by atoms with van der Waals surface area (Å²) in [5.41, 5.74) is -0.0864. The first-order chi connectivity index (χ1) is 8.13. The average molecular weight is 259 g/mol. The van der Waals surface area contributed by atoms with Gasteiger partial charge in [0.15, 0.2) is 0 Å². The van der Waals surface area contributed by atoms with Gasteiger partial charge in [0, 0.05) is 23.4 Å². The third-order valence-corrected chi connectivity index (χ3v) is 5.26. The monoisotopic (exact) mass is 259 g/mol. The number of thioether (sulfide) groups is 1. The maximum Gasteiger partial charge on any atom is 0.0666 e. The van der Waals surface area contributed by atoms with Crippen molar-refractivity contribution in [1.29, 1.82) is 0 Å². The molecule has 3 atom stereocenters. The zero-order valence-electron chi connectivity index (χ0n) is 10.9. The van der Waals surface area contributed by atoms with E-state index in [2.05, 4.69) is 19.2 Å². The zero-order chi connectivity index (χ0) is 12.3. The SMILES string of the molecule is CC1OCCC1SCCC(C)(CO)NC1CC1. The van der Waals surface area contributed by atoms with Gasteiger partial charge in [-0.15, -0.1) is 0 Å². The largest absolute Gasteiger partial charge is 0.394 e. The molecule has 0 amide bonds. The zero-order valence-corrected chi connectivity index (χ0v) is 11.8. The molecule has 3 nitrogen and oxygen atoms in total. The molecule has 0 aromatic carbocycles. The van der Waals surface area contributed by atoms with Crippen LogP contribution in [0.15, 0.2) is 0 Å². The molecule has 1 saturated heterocycles. The first-order valence-electron chi connectivity index (χ1n) is 6.75. The molecule has 0 bridgehead atoms. The predicted octanol–water partition coefficient (Wildman–Crippen LogP) is 1.79. The van der Waals surface area contributed by atoms with E-state index in [1.54, 1.807) is 0 Å². The Bertz CT molecular complexity index is 248. The molecule has 0 aromatic rings. The number of hydrogen-bond donors (Lipinski definition) is 2. The van der Waals surface area contributed by atoms with E-state index < -0.39 is 0 Å². The molecule has 17 heavy (non-hydrogen) atoms. The van der Waals surface area contributed by atoms with Gasteiger partial charge in [-0.3, -0.25) is 0 Å². The van der Waals surface area contributed by atoms with E-state index >= 15 is 0 Å². The second-order valence-corrected chi connectivity index (χ2v) is 7.01. The normalized spacial score (nSPS) is 32.6. The average Bonchev–Trinajstić information content (AvgIpc) is 3.02. The molecule has 0 radical (unpaired) electrons. The third-order valence-electron chi connectivity index (χ3n) is 3.77. The summed E-state index contributed by atoms with van der Waals surface area (Å²) in [6, 6.07) is 0.658. The number of hydrogen-bond acceptors (Lipinski definition) is 4. The van der Waals surface area contributed by atoms with Crippen LogP contribution >= 0.6 is 11.8 Å². The van der Waals surface area contributed by atoms with Crippen molar-refractivity contribution < 1.29 is 9.84 Å². The van der Waals surface area contributed by atoms with Crippen molar-refractivity contribution in [1.82, 2.24) is 5.32 Å². The number of aliphatic hydroxyl groups is 1. The lowest BCUT2D eigenvalue weighted by molar-refractivity contribution is 0.127. The lowest BCUT2D eigenvalue weighted by Gasteiger charge is -2.29. The molecule has 100 valence electrons. The fourth-order valence-electron chi connectivity index (χ4n) is 2.28. The summed E-state index contributed by atoms with van der Waals surface area (Å²) in [6.45, 7) is 5.45. The second kappa shape index (κ2) is 5.91. The Balaban J connectivity index is 1.67. The van der Waals surface area contributed by atoms with Gasteiger partial charge in [-0.1, -0.05) is 0 Å². The number of rotatable bonds is 7. The molecular formula is C13H25NO2S. The highest BCUT2D eigenvalue weighted by Crippen LogP contribution is 2.29. The van der Waals surface area contributed by atoms with Crippen LogP contribution in [0.2, 0.25) is 0 Å². The molecule has 1 aliphatic heterocycles. The van der Waals surface area contributed by atoms with Crippen LogP contribution in [-0.4, -0.2) is 47.0 Å². The van der Waals surface area contributed by atoms with E-state index in [1.807, 2.05) is 11.8 Å². The Morgan fingerprint density at radius 2 is 2.18 bits per heavy atom. The van der Waals surface area contributed by atoms with Crippen LogP contribution in [-0.2, 0) is 4.74 Å². The minimum atomic E-state index is -0.0864. The molecular weight excluding hydrogens is 234 g/mol. The highest BCUT2D eigenvalue weighted by atomic mass is 32.2. The fourth-order valence-corrected chi connectivity index (χ4v) is 3.77. The molecule has 1 aliphatic carbocycles. The van der Waals surface area contributed by atoms with Gasteiger partial charge in [0.2, 0.25) is 0 Å². The fraction of sp³-hybridized carbons (Fsp3) is 1.00. The van der Waals surface area contributed by atoms with Crippen LogP contribution in [0.3, 0.4) is 0 Å². The standard InChI is InChI=1S/C13H25NO2S/c1-10-12(5-7-16-10)17-8-6-13(2,9-15)14-11-3-4-11/h10-12,14-15H,3-9H2,1-2H3. The van der Waals surface area contributed by atoms with E-state index in [-0.39, 0.29) is 12.1 Å². The first kappa shape index (κ1) is 13.7. The third kappa shape index (κ3) is 4.12. The van der Waals surface area contributed by atoms with Crippen LogP contribution in [0.1, 0.15) is 39.5 Å². The summed E-state index contributed by atoms with van der Waals surface area (Å²) < 4.78 is 5.56. The van der Waals surface area contributed by atoms with Crippen molar-refractivity contribution in [2.75, 3.05) is 19.0 Å². The maximum absolute atomic E-state index is 9.51. The molecule has 1 heterocycles. The number of nitrogens with one attached hydrogen (secondary N) is 1. The lowest BCUT2D eigenvalue weighted by Crippen LogP contribution is -2.47. The summed E-state index contributed by atoms with van der Waals surface area (Å²) in [6.07, 6.45) is 5.16. The minimum Gasteiger partial charge on any atom is -0.394 e. The van der Waals surface area contributed by atoms with Crippen LogP contribution < -0.4 is 5.32 Å². The first-order valence-corrected chi connectivity index (χ1v) is 7.79. The van der Waals surface area contributed by atoms with Crippen molar-refractivity contribution in [2.24, 2.45) is 0 Å². The van der Waals surface area contributed by atoms with Crippen molar-refractivity contribution in [2.45, 2.75) is 62.5 Å². The van der Waals surface area contributed by atoms with Crippen molar-refractivity contribution in [3.05, 3.63) is 0 Å². The van der Waals surface area contributed by atoms with E-state index in [1.165, 1.54) is 19.3 Å². The number of aliphatic hydroxyl groups excluding tert-OH is 1. The van der Waals surface area contributed by atoms with Crippen LogP contribution in [0.4, 0.5) is 0 Å². The lowest BCUT2D eigenvalue weighted by atomic mass is 10.0. The van der Waals surface area contributed by atoms with Crippen LogP contribution in [0.5, 0.6) is 0 Å². The molecule has 2 fully saturated rings. The van der Waals surface area contributed by atoms with Gasteiger partial charge in [0.1, 0.15) is 0 Å². The van der Waals surface area contributed by atoms with E-state index in [0.29, 0.717) is 17.4 Å². The minimum absolute atomic E-state index is 0.0864. The van der Waals surface area contributed by atoms with Crippen LogP contribution in [0, 0.1) is 0 Å². The second-order valence-electron chi connectivity index (χ2n) is 5.66. The maximum atomic E-state index is 9.51. The summed E-state index contributed by atoms with van der Waals surface area (Å²) in [5.74, 6) is 1.11. The van der Waals surface area contributed by atoms with Gasteiger partial charge in [0.25, 0.3) is 0 Å². The molecule has 1 saturated carbocycles. The van der Waals surface area contributed by atoms with Crippen molar-refractivity contribution in [3.63, 3.8) is 0 Å². The Hall–Kier alpha value is 0.230. The van der Waals surface area contributed by atoms with Crippen molar-refractivity contribution >= 4 is 11.8 Å². The van der Waals surface area contributed by atoms with E-state index in [0.717, 1.165) is 18.8 Å². The smallest absolute Gasteiger partial charge is 0.0666 e. The van der Waals surface area contributed by atoms with E-state index in [4.69, 9.17) is 4.74 Å². The molecule has 0 aromatic heterocycles. The molecule has 0 spiro atoms. The molecule has 2 rings (SSSR count). The van der Waals surface area contributed by atoms with Gasteiger partial charge < -0.3 is 15.2 Å².